The summed E-state index contributed by atoms with van der Waals surface area (Å²) < 4.78 is 13.7. The molecule has 0 heterocycles. The lowest BCUT2D eigenvalue weighted by Gasteiger charge is -2.25. The molecule has 0 spiro atoms. The summed E-state index contributed by atoms with van der Waals surface area (Å²) >= 11 is 0. The quantitative estimate of drug-likeness (QED) is 0.799. The molecule has 134 valence electrons. The molecule has 0 bridgehead atoms. The fraction of sp³-hybridized carbons (Fsp3) is 0.381. The highest BCUT2D eigenvalue weighted by atomic mass is 19.1. The molecule has 0 radical (unpaired) electrons. The van der Waals surface area contributed by atoms with Crippen molar-refractivity contribution in [3.63, 3.8) is 0 Å². The molecule has 2 aromatic rings. The average Bonchev–Trinajstić information content (AvgIpc) is 2.59. The van der Waals surface area contributed by atoms with E-state index in [4.69, 9.17) is 0 Å². The van der Waals surface area contributed by atoms with Gasteiger partial charge in [0.25, 0.3) is 0 Å². The lowest BCUT2D eigenvalue weighted by atomic mass is 9.96. The van der Waals surface area contributed by atoms with Gasteiger partial charge in [-0.3, -0.25) is 10.1 Å². The largest absolute Gasteiger partial charge is 0.353 e. The van der Waals surface area contributed by atoms with E-state index in [9.17, 15) is 9.18 Å². The van der Waals surface area contributed by atoms with Crippen LogP contribution in [0.2, 0.25) is 0 Å². The monoisotopic (exact) mass is 342 g/mol. The van der Waals surface area contributed by atoms with E-state index in [-0.39, 0.29) is 23.8 Å². The van der Waals surface area contributed by atoms with Gasteiger partial charge in [-0.15, -0.1) is 0 Å². The van der Waals surface area contributed by atoms with Gasteiger partial charge in [-0.05, 0) is 56.0 Å². The summed E-state index contributed by atoms with van der Waals surface area (Å²) in [6.45, 7) is 7.79. The zero-order chi connectivity index (χ0) is 18.4. The molecule has 0 saturated heterocycles. The first-order chi connectivity index (χ1) is 11.9. The molecule has 0 saturated carbocycles. The Morgan fingerprint density at radius 3 is 2.28 bits per heavy atom. The number of nitrogens with one attached hydrogen (secondary N) is 2. The number of carbonyl (C=O) groups excluding carboxylic acids is 1. The highest BCUT2D eigenvalue weighted by molar-refractivity contribution is 5.81. The third-order valence-electron chi connectivity index (χ3n) is 4.14. The van der Waals surface area contributed by atoms with Gasteiger partial charge < -0.3 is 5.32 Å². The molecule has 25 heavy (non-hydrogen) atoms. The molecule has 2 atom stereocenters. The third kappa shape index (κ3) is 5.40. The number of rotatable bonds is 7. The van der Waals surface area contributed by atoms with Crippen LogP contribution in [0.15, 0.2) is 48.5 Å². The van der Waals surface area contributed by atoms with Gasteiger partial charge in [0.1, 0.15) is 5.82 Å². The maximum atomic E-state index is 13.7. The summed E-state index contributed by atoms with van der Waals surface area (Å²) in [5, 5.41) is 6.25. The van der Waals surface area contributed by atoms with Crippen LogP contribution in [0.1, 0.15) is 50.4 Å². The van der Waals surface area contributed by atoms with E-state index >= 15 is 0 Å². The maximum absolute atomic E-state index is 13.7. The number of benzene rings is 2. The average molecular weight is 342 g/mol. The highest BCUT2D eigenvalue weighted by Gasteiger charge is 2.21. The number of amides is 1. The van der Waals surface area contributed by atoms with E-state index in [1.54, 1.807) is 6.07 Å². The van der Waals surface area contributed by atoms with Gasteiger partial charge in [0.15, 0.2) is 0 Å². The number of halogens is 1. The van der Waals surface area contributed by atoms with E-state index in [1.165, 1.54) is 17.7 Å². The summed E-state index contributed by atoms with van der Waals surface area (Å²) in [6.07, 6.45) is 0.964. The standard InChI is InChI=1S/C21H27FN2O/c1-5-16-9-11-17(12-10-16)20(18-7-6-8-19(22)13-18)24-15(4)21(25)23-14(2)3/h6-15,20,24H,5H2,1-4H3,(H,23,25)/t15-,20+/m1/s1. The fourth-order valence-electron chi connectivity index (χ4n) is 2.75. The SMILES string of the molecule is CCc1ccc([C@H](N[C@H](C)C(=O)NC(C)C)c2cccc(F)c2)cc1. The van der Waals surface area contributed by atoms with Crippen LogP contribution in [0.25, 0.3) is 0 Å². The van der Waals surface area contributed by atoms with Crippen LogP contribution in [-0.2, 0) is 11.2 Å². The molecule has 0 aliphatic carbocycles. The predicted molar refractivity (Wildman–Crippen MR) is 99.9 cm³/mol. The van der Waals surface area contributed by atoms with Crippen LogP contribution in [0.5, 0.6) is 0 Å². The van der Waals surface area contributed by atoms with Crippen LogP contribution in [0, 0.1) is 5.82 Å². The Hall–Kier alpha value is -2.20. The molecule has 4 heteroatoms. The van der Waals surface area contributed by atoms with Gasteiger partial charge in [-0.25, -0.2) is 4.39 Å². The Morgan fingerprint density at radius 2 is 1.72 bits per heavy atom. The Morgan fingerprint density at radius 1 is 1.04 bits per heavy atom. The van der Waals surface area contributed by atoms with E-state index in [2.05, 4.69) is 29.7 Å². The molecule has 2 N–H and O–H groups in total. The minimum Gasteiger partial charge on any atom is -0.353 e. The summed E-state index contributed by atoms with van der Waals surface area (Å²) in [4.78, 5) is 12.3. The number of hydrogen-bond acceptors (Lipinski definition) is 2. The second kappa shape index (κ2) is 8.77. The van der Waals surface area contributed by atoms with Crippen LogP contribution >= 0.6 is 0 Å². The molecule has 0 aliphatic rings. The van der Waals surface area contributed by atoms with Crippen molar-refractivity contribution < 1.29 is 9.18 Å². The van der Waals surface area contributed by atoms with Crippen LogP contribution in [0.3, 0.4) is 0 Å². The first kappa shape index (κ1) is 19.1. The number of hydrogen-bond donors (Lipinski definition) is 2. The lowest BCUT2D eigenvalue weighted by molar-refractivity contribution is -0.123. The van der Waals surface area contributed by atoms with E-state index in [0.717, 1.165) is 17.5 Å². The van der Waals surface area contributed by atoms with Crippen molar-refractivity contribution in [2.45, 2.75) is 52.2 Å². The second-order valence-electron chi connectivity index (χ2n) is 6.63. The molecule has 0 aromatic heterocycles. The molecule has 2 rings (SSSR count). The number of carbonyl (C=O) groups is 1. The van der Waals surface area contributed by atoms with E-state index < -0.39 is 6.04 Å². The minimum atomic E-state index is -0.401. The predicted octanol–water partition coefficient (Wildman–Crippen LogP) is 3.98. The van der Waals surface area contributed by atoms with E-state index in [0.29, 0.717) is 0 Å². The smallest absolute Gasteiger partial charge is 0.237 e. The fourth-order valence-corrected chi connectivity index (χ4v) is 2.75. The Balaban J connectivity index is 2.30. The molecule has 3 nitrogen and oxygen atoms in total. The van der Waals surface area contributed by atoms with Gasteiger partial charge in [0, 0.05) is 6.04 Å². The zero-order valence-corrected chi connectivity index (χ0v) is 15.3. The maximum Gasteiger partial charge on any atom is 0.237 e. The Labute approximate surface area is 149 Å². The molecule has 0 aliphatic heterocycles. The summed E-state index contributed by atoms with van der Waals surface area (Å²) in [6, 6.07) is 14.1. The van der Waals surface area contributed by atoms with Crippen molar-refractivity contribution in [1.82, 2.24) is 10.6 Å². The van der Waals surface area contributed by atoms with Gasteiger partial charge in [0.05, 0.1) is 12.1 Å². The highest BCUT2D eigenvalue weighted by Crippen LogP contribution is 2.24. The summed E-state index contributed by atoms with van der Waals surface area (Å²) in [7, 11) is 0. The molecule has 0 fully saturated rings. The first-order valence-corrected chi connectivity index (χ1v) is 8.81. The van der Waals surface area contributed by atoms with Crippen molar-refractivity contribution in [3.05, 3.63) is 71.0 Å². The summed E-state index contributed by atoms with van der Waals surface area (Å²) in [5.74, 6) is -0.352. The normalized spacial score (nSPS) is 13.5. The van der Waals surface area contributed by atoms with Gasteiger partial charge >= 0.3 is 0 Å². The van der Waals surface area contributed by atoms with Crippen molar-refractivity contribution in [2.75, 3.05) is 0 Å². The first-order valence-electron chi connectivity index (χ1n) is 8.81. The van der Waals surface area contributed by atoms with Crippen molar-refractivity contribution in [1.29, 1.82) is 0 Å². The second-order valence-corrected chi connectivity index (χ2v) is 6.63. The molecule has 1 amide bonds. The zero-order valence-electron chi connectivity index (χ0n) is 15.3. The van der Waals surface area contributed by atoms with Gasteiger partial charge in [0.2, 0.25) is 5.91 Å². The van der Waals surface area contributed by atoms with Crippen LogP contribution in [0.4, 0.5) is 4.39 Å². The Kier molecular flexibility index (Phi) is 6.71. The lowest BCUT2D eigenvalue weighted by Crippen LogP contribution is -2.46. The van der Waals surface area contributed by atoms with Crippen molar-refractivity contribution in [3.8, 4) is 0 Å². The molecular formula is C21H27FN2O. The van der Waals surface area contributed by atoms with Crippen LogP contribution < -0.4 is 10.6 Å². The topological polar surface area (TPSA) is 41.1 Å². The van der Waals surface area contributed by atoms with Crippen molar-refractivity contribution >= 4 is 5.91 Å². The van der Waals surface area contributed by atoms with Gasteiger partial charge in [-0.1, -0.05) is 43.3 Å². The summed E-state index contributed by atoms with van der Waals surface area (Å²) in [5.41, 5.74) is 3.05. The molecule has 0 unspecified atom stereocenters. The molecular weight excluding hydrogens is 315 g/mol. The minimum absolute atomic E-state index is 0.0680. The third-order valence-corrected chi connectivity index (χ3v) is 4.14. The van der Waals surface area contributed by atoms with Crippen molar-refractivity contribution in [2.24, 2.45) is 0 Å². The van der Waals surface area contributed by atoms with E-state index in [1.807, 2.05) is 39.0 Å². The van der Waals surface area contributed by atoms with Gasteiger partial charge in [-0.2, -0.15) is 0 Å². The van der Waals surface area contributed by atoms with Crippen LogP contribution in [-0.4, -0.2) is 18.0 Å². The Bertz CT molecular complexity index is 697. The number of aryl methyl sites for hydroxylation is 1. The molecule has 2 aromatic carbocycles.